The summed E-state index contributed by atoms with van der Waals surface area (Å²) < 4.78 is 0. The zero-order chi connectivity index (χ0) is 22.3. The number of benzene rings is 2. The summed E-state index contributed by atoms with van der Waals surface area (Å²) in [6, 6.07) is 14.8. The minimum atomic E-state index is 0.235. The Hall–Kier alpha value is -3.28. The van der Waals surface area contributed by atoms with Gasteiger partial charge >= 0.3 is 0 Å². The molecule has 0 unspecified atom stereocenters. The number of carbonyl (C=O) groups is 1. The van der Waals surface area contributed by atoms with Crippen molar-refractivity contribution in [3.63, 3.8) is 0 Å². The van der Waals surface area contributed by atoms with Crippen LogP contribution in [0.15, 0.2) is 53.7 Å². The monoisotopic (exact) mass is 431 g/mol. The van der Waals surface area contributed by atoms with Gasteiger partial charge in [0.1, 0.15) is 0 Å². The Bertz CT molecular complexity index is 1100. The molecule has 32 heavy (non-hydrogen) atoms. The number of nitrogens with one attached hydrogen (secondary N) is 3. The molecule has 0 saturated heterocycles. The highest BCUT2D eigenvalue weighted by Gasteiger charge is 2.19. The number of fused-ring (bicyclic) bond motifs is 2. The molecule has 6 nitrogen and oxygen atoms in total. The van der Waals surface area contributed by atoms with Crippen LogP contribution in [-0.2, 0) is 24.2 Å². The number of carbonyl (C=O) groups excluding carboxylic acids is 1. The van der Waals surface area contributed by atoms with Crippen molar-refractivity contribution in [3.8, 4) is 0 Å². The fourth-order valence-electron chi connectivity index (χ4n) is 4.50. The predicted molar refractivity (Wildman–Crippen MR) is 131 cm³/mol. The molecule has 0 atom stereocenters. The van der Waals surface area contributed by atoms with E-state index in [9.17, 15) is 4.79 Å². The first-order valence-electron chi connectivity index (χ1n) is 11.5. The summed E-state index contributed by atoms with van der Waals surface area (Å²) in [5, 5.41) is 8.03. The molecule has 0 saturated carbocycles. The topological polar surface area (TPSA) is 72.5 Å². The molecule has 3 N–H and O–H groups in total. The first-order chi connectivity index (χ1) is 15.7. The van der Waals surface area contributed by atoms with E-state index in [0.29, 0.717) is 6.42 Å². The van der Waals surface area contributed by atoms with Crippen molar-refractivity contribution in [2.45, 2.75) is 39.2 Å². The van der Waals surface area contributed by atoms with E-state index in [1.807, 2.05) is 4.90 Å². The quantitative estimate of drug-likeness (QED) is 0.304. The van der Waals surface area contributed by atoms with Gasteiger partial charge in [0.2, 0.25) is 5.91 Å². The molecule has 1 aliphatic heterocycles. The van der Waals surface area contributed by atoms with Gasteiger partial charge in [-0.2, -0.15) is 0 Å². The molecule has 6 heteroatoms. The van der Waals surface area contributed by atoms with Crippen molar-refractivity contribution >= 4 is 22.8 Å². The van der Waals surface area contributed by atoms with Gasteiger partial charge in [0.25, 0.3) is 0 Å². The molecule has 0 spiro atoms. The summed E-state index contributed by atoms with van der Waals surface area (Å²) in [5.41, 5.74) is 6.44. The Kier molecular flexibility index (Phi) is 7.10. The van der Waals surface area contributed by atoms with Crippen LogP contribution in [0.2, 0.25) is 0 Å². The summed E-state index contributed by atoms with van der Waals surface area (Å²) in [7, 11) is 1.78. The Morgan fingerprint density at radius 1 is 1.09 bits per heavy atom. The summed E-state index contributed by atoms with van der Waals surface area (Å²) in [6.07, 6.45) is 5.31. The lowest BCUT2D eigenvalue weighted by atomic mass is 9.99. The van der Waals surface area contributed by atoms with Gasteiger partial charge in [0.05, 0.1) is 0 Å². The van der Waals surface area contributed by atoms with E-state index in [4.69, 9.17) is 0 Å². The molecule has 2 aromatic carbocycles. The SMILES string of the molecule is CN=C(NCCCC(=O)N1CCc2ccccc2C1)NCCc1c[nH]c2cccc(C)c12. The van der Waals surface area contributed by atoms with Gasteiger partial charge in [-0.05, 0) is 54.5 Å². The summed E-state index contributed by atoms with van der Waals surface area (Å²) in [5.74, 6) is 1.01. The predicted octanol–water partition coefficient (Wildman–Crippen LogP) is 3.55. The maximum Gasteiger partial charge on any atom is 0.222 e. The second-order valence-corrected chi connectivity index (χ2v) is 8.42. The smallest absolute Gasteiger partial charge is 0.222 e. The lowest BCUT2D eigenvalue weighted by molar-refractivity contribution is -0.132. The maximum absolute atomic E-state index is 12.6. The minimum absolute atomic E-state index is 0.235. The van der Waals surface area contributed by atoms with Crippen LogP contribution in [0.25, 0.3) is 10.9 Å². The highest BCUT2D eigenvalue weighted by molar-refractivity contribution is 5.86. The standard InChI is InChI=1S/C26H33N5O/c1-19-7-5-10-23-25(19)21(17-30-23)12-15-29-26(27-2)28-14-6-11-24(32)31-16-13-20-8-3-4-9-22(20)18-31/h3-5,7-10,17,30H,6,11-16,18H2,1-2H3,(H2,27,28,29). The molecule has 0 fully saturated rings. The molecule has 1 aromatic heterocycles. The van der Waals surface area contributed by atoms with Crippen LogP contribution in [-0.4, -0.2) is 48.4 Å². The van der Waals surface area contributed by atoms with Crippen LogP contribution in [0.1, 0.15) is 35.1 Å². The van der Waals surface area contributed by atoms with E-state index in [0.717, 1.165) is 51.4 Å². The third kappa shape index (κ3) is 5.13. The Labute approximate surface area is 190 Å². The van der Waals surface area contributed by atoms with Gasteiger partial charge in [-0.25, -0.2) is 0 Å². The number of guanidine groups is 1. The number of amides is 1. The third-order valence-electron chi connectivity index (χ3n) is 6.25. The van der Waals surface area contributed by atoms with Crippen LogP contribution in [0.5, 0.6) is 0 Å². The van der Waals surface area contributed by atoms with E-state index in [2.05, 4.69) is 76.2 Å². The molecular formula is C26H33N5O. The number of aromatic nitrogens is 1. The molecule has 2 heterocycles. The van der Waals surface area contributed by atoms with Gasteiger partial charge in [-0.15, -0.1) is 0 Å². The average Bonchev–Trinajstić information content (AvgIpc) is 3.24. The molecule has 4 rings (SSSR count). The van der Waals surface area contributed by atoms with Gasteiger partial charge in [-0.3, -0.25) is 9.79 Å². The molecule has 0 aliphatic carbocycles. The fourth-order valence-corrected chi connectivity index (χ4v) is 4.50. The third-order valence-corrected chi connectivity index (χ3v) is 6.25. The zero-order valence-electron chi connectivity index (χ0n) is 19.1. The van der Waals surface area contributed by atoms with Crippen molar-refractivity contribution in [3.05, 3.63) is 70.9 Å². The van der Waals surface area contributed by atoms with Crippen molar-refractivity contribution in [1.82, 2.24) is 20.5 Å². The van der Waals surface area contributed by atoms with Crippen molar-refractivity contribution in [2.24, 2.45) is 4.99 Å². The Morgan fingerprint density at radius 2 is 1.91 bits per heavy atom. The number of hydrogen-bond donors (Lipinski definition) is 3. The van der Waals surface area contributed by atoms with Gasteiger partial charge in [0.15, 0.2) is 5.96 Å². The van der Waals surface area contributed by atoms with Crippen LogP contribution < -0.4 is 10.6 Å². The zero-order valence-corrected chi connectivity index (χ0v) is 19.1. The van der Waals surface area contributed by atoms with E-state index in [-0.39, 0.29) is 5.91 Å². The molecule has 0 bridgehead atoms. The van der Waals surface area contributed by atoms with E-state index in [1.54, 1.807) is 7.05 Å². The molecule has 1 aliphatic rings. The van der Waals surface area contributed by atoms with E-state index in [1.165, 1.54) is 33.2 Å². The molecule has 168 valence electrons. The van der Waals surface area contributed by atoms with Crippen molar-refractivity contribution in [1.29, 1.82) is 0 Å². The second-order valence-electron chi connectivity index (χ2n) is 8.42. The van der Waals surface area contributed by atoms with E-state index >= 15 is 0 Å². The van der Waals surface area contributed by atoms with Crippen LogP contribution in [0, 0.1) is 6.92 Å². The van der Waals surface area contributed by atoms with E-state index < -0.39 is 0 Å². The minimum Gasteiger partial charge on any atom is -0.361 e. The number of aliphatic imine (C=N–C) groups is 1. The van der Waals surface area contributed by atoms with Crippen LogP contribution in [0.4, 0.5) is 0 Å². The first kappa shape index (κ1) is 21.9. The Morgan fingerprint density at radius 3 is 2.75 bits per heavy atom. The van der Waals surface area contributed by atoms with Gasteiger partial charge in [-0.1, -0.05) is 36.4 Å². The van der Waals surface area contributed by atoms with Crippen molar-refractivity contribution < 1.29 is 4.79 Å². The fraction of sp³-hybridized carbons (Fsp3) is 0.385. The van der Waals surface area contributed by atoms with Crippen LogP contribution >= 0.6 is 0 Å². The number of rotatable bonds is 7. The largest absolute Gasteiger partial charge is 0.361 e. The number of nitrogens with zero attached hydrogens (tertiary/aromatic N) is 2. The summed E-state index contributed by atoms with van der Waals surface area (Å²) >= 11 is 0. The van der Waals surface area contributed by atoms with Crippen LogP contribution in [0.3, 0.4) is 0 Å². The molecule has 1 amide bonds. The molecule has 3 aromatic rings. The Balaban J connectivity index is 1.17. The number of aryl methyl sites for hydroxylation is 1. The average molecular weight is 432 g/mol. The number of aromatic amines is 1. The summed E-state index contributed by atoms with van der Waals surface area (Å²) in [4.78, 5) is 22.3. The first-order valence-corrected chi connectivity index (χ1v) is 11.5. The molecule has 0 radical (unpaired) electrons. The lowest BCUT2D eigenvalue weighted by Gasteiger charge is -2.29. The highest BCUT2D eigenvalue weighted by atomic mass is 16.2. The normalized spacial score (nSPS) is 13.8. The van der Waals surface area contributed by atoms with Gasteiger partial charge in [0, 0.05) is 56.7 Å². The maximum atomic E-state index is 12.6. The second kappa shape index (κ2) is 10.4. The molecular weight excluding hydrogens is 398 g/mol. The number of H-pyrrole nitrogens is 1. The highest BCUT2D eigenvalue weighted by Crippen LogP contribution is 2.22. The number of hydrogen-bond acceptors (Lipinski definition) is 2. The van der Waals surface area contributed by atoms with Gasteiger partial charge < -0.3 is 20.5 Å². The van der Waals surface area contributed by atoms with Crippen molar-refractivity contribution in [2.75, 3.05) is 26.7 Å². The lowest BCUT2D eigenvalue weighted by Crippen LogP contribution is -2.39. The summed E-state index contributed by atoms with van der Waals surface area (Å²) in [6.45, 7) is 5.23.